The Labute approximate surface area is 132 Å². The molecule has 0 fully saturated rings. The van der Waals surface area contributed by atoms with Crippen LogP contribution in [0.25, 0.3) is 0 Å². The molecular formula is C16H18F3N3O. The lowest BCUT2D eigenvalue weighted by Gasteiger charge is -2.22. The molecule has 0 aliphatic heterocycles. The molecule has 2 aromatic rings. The monoisotopic (exact) mass is 325 g/mol. The Bertz CT molecular complexity index is 650. The standard InChI is InChI=1S/C16H18F3N3O/c1-10(2)12(11-6-4-3-5-7-11)8-20-15(23)13-9-21-22-14(13)16(17,18)19/h3-7,9-10,12H,8H2,1-2H3,(H,20,23)(H,21,22). The van der Waals surface area contributed by atoms with Gasteiger partial charge in [0.05, 0.1) is 11.8 Å². The van der Waals surface area contributed by atoms with Gasteiger partial charge in [0, 0.05) is 12.5 Å². The molecule has 2 rings (SSSR count). The van der Waals surface area contributed by atoms with Crippen molar-refractivity contribution in [1.82, 2.24) is 15.5 Å². The summed E-state index contributed by atoms with van der Waals surface area (Å²) in [5, 5.41) is 7.74. The van der Waals surface area contributed by atoms with Gasteiger partial charge < -0.3 is 5.32 Å². The zero-order valence-electron chi connectivity index (χ0n) is 12.8. The van der Waals surface area contributed by atoms with Gasteiger partial charge in [0.25, 0.3) is 5.91 Å². The molecule has 0 aliphatic rings. The molecule has 124 valence electrons. The van der Waals surface area contributed by atoms with Gasteiger partial charge in [-0.1, -0.05) is 44.2 Å². The van der Waals surface area contributed by atoms with Gasteiger partial charge in [-0.3, -0.25) is 9.89 Å². The normalized spacial score (nSPS) is 13.1. The molecule has 1 aromatic carbocycles. The number of hydrogen-bond acceptors (Lipinski definition) is 2. The Morgan fingerprint density at radius 3 is 2.48 bits per heavy atom. The van der Waals surface area contributed by atoms with E-state index in [4.69, 9.17) is 0 Å². The first-order chi connectivity index (χ1) is 10.8. The predicted molar refractivity (Wildman–Crippen MR) is 79.9 cm³/mol. The highest BCUT2D eigenvalue weighted by molar-refractivity contribution is 5.95. The van der Waals surface area contributed by atoms with E-state index in [0.717, 1.165) is 11.8 Å². The van der Waals surface area contributed by atoms with Crippen LogP contribution >= 0.6 is 0 Å². The van der Waals surface area contributed by atoms with E-state index >= 15 is 0 Å². The third kappa shape index (κ3) is 4.12. The van der Waals surface area contributed by atoms with Crippen LogP contribution in [0.2, 0.25) is 0 Å². The summed E-state index contributed by atoms with van der Waals surface area (Å²) in [7, 11) is 0. The predicted octanol–water partition coefficient (Wildman–Crippen LogP) is 3.60. The minimum atomic E-state index is -4.64. The molecule has 1 unspecified atom stereocenters. The Balaban J connectivity index is 2.10. The summed E-state index contributed by atoms with van der Waals surface area (Å²) in [5.41, 5.74) is -0.588. The largest absolute Gasteiger partial charge is 0.433 e. The number of nitrogens with one attached hydrogen (secondary N) is 2. The summed E-state index contributed by atoms with van der Waals surface area (Å²) in [6.45, 7) is 4.26. The van der Waals surface area contributed by atoms with Crippen LogP contribution in [-0.2, 0) is 6.18 Å². The van der Waals surface area contributed by atoms with E-state index in [1.807, 2.05) is 49.3 Å². The second-order valence-electron chi connectivity index (χ2n) is 5.63. The molecule has 1 atom stereocenters. The van der Waals surface area contributed by atoms with Crippen LogP contribution in [-0.4, -0.2) is 22.6 Å². The smallest absolute Gasteiger partial charge is 0.351 e. The Kier molecular flexibility index (Phi) is 5.08. The lowest BCUT2D eigenvalue weighted by atomic mass is 9.88. The molecule has 7 heteroatoms. The van der Waals surface area contributed by atoms with Crippen molar-refractivity contribution in [2.24, 2.45) is 5.92 Å². The first-order valence-corrected chi connectivity index (χ1v) is 7.24. The van der Waals surface area contributed by atoms with E-state index in [9.17, 15) is 18.0 Å². The molecule has 23 heavy (non-hydrogen) atoms. The van der Waals surface area contributed by atoms with E-state index in [-0.39, 0.29) is 18.4 Å². The maximum Gasteiger partial charge on any atom is 0.433 e. The molecule has 4 nitrogen and oxygen atoms in total. The first kappa shape index (κ1) is 17.1. The fourth-order valence-electron chi connectivity index (χ4n) is 2.41. The molecule has 1 amide bonds. The molecule has 0 spiro atoms. The number of carbonyl (C=O) groups is 1. The zero-order chi connectivity index (χ0) is 17.0. The number of nitrogens with zero attached hydrogens (tertiary/aromatic N) is 1. The van der Waals surface area contributed by atoms with Crippen molar-refractivity contribution >= 4 is 5.91 Å². The number of halogens is 3. The third-order valence-electron chi connectivity index (χ3n) is 3.68. The Hall–Kier alpha value is -2.31. The van der Waals surface area contributed by atoms with Crippen molar-refractivity contribution in [2.75, 3.05) is 6.54 Å². The van der Waals surface area contributed by atoms with E-state index in [1.54, 1.807) is 0 Å². The lowest BCUT2D eigenvalue weighted by molar-refractivity contribution is -0.141. The van der Waals surface area contributed by atoms with Gasteiger partial charge >= 0.3 is 6.18 Å². The van der Waals surface area contributed by atoms with Crippen molar-refractivity contribution in [3.05, 3.63) is 53.3 Å². The number of hydrogen-bond donors (Lipinski definition) is 2. The van der Waals surface area contributed by atoms with Gasteiger partial charge in [0.2, 0.25) is 0 Å². The minimum absolute atomic E-state index is 0.0152. The SMILES string of the molecule is CC(C)C(CNC(=O)c1cn[nH]c1C(F)(F)F)c1ccccc1. The molecule has 1 aromatic heterocycles. The molecule has 0 radical (unpaired) electrons. The maximum atomic E-state index is 12.8. The van der Waals surface area contributed by atoms with Crippen LogP contribution in [0.3, 0.4) is 0 Å². The van der Waals surface area contributed by atoms with E-state index in [1.165, 1.54) is 0 Å². The summed E-state index contributed by atoms with van der Waals surface area (Å²) in [4.78, 5) is 12.1. The Morgan fingerprint density at radius 2 is 1.91 bits per heavy atom. The van der Waals surface area contributed by atoms with Gasteiger partial charge in [-0.15, -0.1) is 0 Å². The third-order valence-corrected chi connectivity index (χ3v) is 3.68. The molecule has 0 aliphatic carbocycles. The van der Waals surface area contributed by atoms with E-state index < -0.39 is 23.3 Å². The van der Waals surface area contributed by atoms with Crippen molar-refractivity contribution in [3.8, 4) is 0 Å². The topological polar surface area (TPSA) is 57.8 Å². The number of rotatable bonds is 5. The highest BCUT2D eigenvalue weighted by Gasteiger charge is 2.37. The second kappa shape index (κ2) is 6.85. The molecule has 0 saturated heterocycles. The van der Waals surface area contributed by atoms with Crippen LogP contribution in [0.15, 0.2) is 36.5 Å². The summed E-state index contributed by atoms with van der Waals surface area (Å²) in [5.74, 6) is -0.543. The lowest BCUT2D eigenvalue weighted by Crippen LogP contribution is -2.31. The van der Waals surface area contributed by atoms with Gasteiger partial charge in [-0.05, 0) is 11.5 Å². The number of alkyl halides is 3. The first-order valence-electron chi connectivity index (χ1n) is 7.24. The molecule has 0 saturated carbocycles. The van der Waals surface area contributed by atoms with Crippen molar-refractivity contribution < 1.29 is 18.0 Å². The fraction of sp³-hybridized carbons (Fsp3) is 0.375. The van der Waals surface area contributed by atoms with Crippen molar-refractivity contribution in [1.29, 1.82) is 0 Å². The summed E-state index contributed by atoms with van der Waals surface area (Å²) in [6.07, 6.45) is -3.74. The molecule has 0 bridgehead atoms. The average Bonchev–Trinajstić information content (AvgIpc) is 2.97. The van der Waals surface area contributed by atoms with Gasteiger partial charge in [0.15, 0.2) is 5.69 Å². The summed E-state index contributed by atoms with van der Waals surface area (Å²) in [6, 6.07) is 9.56. The summed E-state index contributed by atoms with van der Waals surface area (Å²) >= 11 is 0. The van der Waals surface area contributed by atoms with Crippen molar-refractivity contribution in [2.45, 2.75) is 25.9 Å². The summed E-state index contributed by atoms with van der Waals surface area (Å²) < 4.78 is 38.3. The van der Waals surface area contributed by atoms with Crippen LogP contribution < -0.4 is 5.32 Å². The molecular weight excluding hydrogens is 307 g/mol. The average molecular weight is 325 g/mol. The minimum Gasteiger partial charge on any atom is -0.351 e. The van der Waals surface area contributed by atoms with Crippen molar-refractivity contribution in [3.63, 3.8) is 0 Å². The highest BCUT2D eigenvalue weighted by Crippen LogP contribution is 2.30. The van der Waals surface area contributed by atoms with Crippen LogP contribution in [0, 0.1) is 5.92 Å². The van der Waals surface area contributed by atoms with E-state index in [0.29, 0.717) is 0 Å². The quantitative estimate of drug-likeness (QED) is 0.882. The number of aromatic nitrogens is 2. The number of aromatic amines is 1. The van der Waals surface area contributed by atoms with Gasteiger partial charge in [0.1, 0.15) is 0 Å². The van der Waals surface area contributed by atoms with E-state index in [2.05, 4.69) is 10.4 Å². The Morgan fingerprint density at radius 1 is 1.26 bits per heavy atom. The molecule has 2 N–H and O–H groups in total. The highest BCUT2D eigenvalue weighted by atomic mass is 19.4. The number of carbonyl (C=O) groups excluding carboxylic acids is 1. The number of benzene rings is 1. The fourth-order valence-corrected chi connectivity index (χ4v) is 2.41. The van der Waals surface area contributed by atoms with Gasteiger partial charge in [-0.2, -0.15) is 18.3 Å². The zero-order valence-corrected chi connectivity index (χ0v) is 12.8. The molecule has 1 heterocycles. The number of amides is 1. The maximum absolute atomic E-state index is 12.8. The van der Waals surface area contributed by atoms with Crippen LogP contribution in [0.5, 0.6) is 0 Å². The number of H-pyrrole nitrogens is 1. The van der Waals surface area contributed by atoms with Crippen LogP contribution in [0.1, 0.15) is 41.4 Å². The van der Waals surface area contributed by atoms with Crippen LogP contribution in [0.4, 0.5) is 13.2 Å². The second-order valence-corrected chi connectivity index (χ2v) is 5.63. The van der Waals surface area contributed by atoms with Gasteiger partial charge in [-0.25, -0.2) is 0 Å².